The lowest BCUT2D eigenvalue weighted by molar-refractivity contribution is 0.0526. The summed E-state index contributed by atoms with van der Waals surface area (Å²) in [4.78, 5) is 27.1. The zero-order chi connectivity index (χ0) is 24.1. The number of anilines is 1. The second-order valence-electron chi connectivity index (χ2n) is 6.87. The van der Waals surface area contributed by atoms with Gasteiger partial charge in [0.15, 0.2) is 5.75 Å². The van der Waals surface area contributed by atoms with E-state index in [1.807, 2.05) is 0 Å². The van der Waals surface area contributed by atoms with Gasteiger partial charge in [-0.05, 0) is 61.0 Å². The van der Waals surface area contributed by atoms with Gasteiger partial charge in [0.2, 0.25) is 0 Å². The van der Waals surface area contributed by atoms with E-state index < -0.39 is 5.97 Å². The first-order valence-electron chi connectivity index (χ1n) is 9.81. The number of carbonyl (C=O) groups is 2. The van der Waals surface area contributed by atoms with Crippen LogP contribution >= 0.6 is 46.4 Å². The SMILES string of the molecule is CCOC(=O)c1ccc(N(Cc2ccc(Cl)cc2Cl)C(=O)c2cc(Cl)c(OC)c(Cl)c2)cc1. The number of nitrogens with zero attached hydrogens (tertiary/aromatic N) is 1. The standard InChI is InChI=1S/C24H19Cl4NO4/c1-3-33-24(31)14-5-8-18(9-6-14)29(13-15-4-7-17(25)12-19(15)26)23(30)16-10-20(27)22(32-2)21(28)11-16/h4-12H,3,13H2,1-2H3. The van der Waals surface area contributed by atoms with Crippen LogP contribution in [-0.2, 0) is 11.3 Å². The molecule has 0 bridgehead atoms. The Bertz CT molecular complexity index is 1160. The number of rotatable bonds is 7. The van der Waals surface area contributed by atoms with Crippen molar-refractivity contribution < 1.29 is 19.1 Å². The Morgan fingerprint density at radius 1 is 0.848 bits per heavy atom. The van der Waals surface area contributed by atoms with Crippen LogP contribution < -0.4 is 9.64 Å². The first-order valence-corrected chi connectivity index (χ1v) is 11.3. The molecule has 3 aromatic carbocycles. The average Bonchev–Trinajstić information content (AvgIpc) is 2.78. The number of methoxy groups -OCH3 is 1. The third-order valence-electron chi connectivity index (χ3n) is 4.73. The van der Waals surface area contributed by atoms with Gasteiger partial charge in [-0.2, -0.15) is 0 Å². The molecule has 0 saturated carbocycles. The Hall–Kier alpha value is -2.44. The fourth-order valence-electron chi connectivity index (χ4n) is 3.13. The fourth-order valence-corrected chi connectivity index (χ4v) is 4.24. The number of halogens is 4. The highest BCUT2D eigenvalue weighted by Crippen LogP contribution is 2.35. The van der Waals surface area contributed by atoms with Crippen LogP contribution in [0.25, 0.3) is 0 Å². The number of esters is 1. The van der Waals surface area contributed by atoms with Gasteiger partial charge in [-0.3, -0.25) is 4.79 Å². The number of hydrogen-bond donors (Lipinski definition) is 0. The van der Waals surface area contributed by atoms with Crippen molar-refractivity contribution >= 4 is 64.0 Å². The molecule has 3 aromatic rings. The van der Waals surface area contributed by atoms with E-state index in [2.05, 4.69) is 0 Å². The molecule has 0 N–H and O–H groups in total. The van der Waals surface area contributed by atoms with Crippen molar-refractivity contribution in [3.05, 3.63) is 91.4 Å². The molecule has 3 rings (SSSR count). The quantitative estimate of drug-likeness (QED) is 0.302. The Balaban J connectivity index is 2.03. The maximum absolute atomic E-state index is 13.6. The highest BCUT2D eigenvalue weighted by molar-refractivity contribution is 6.38. The van der Waals surface area contributed by atoms with Crippen LogP contribution in [0.1, 0.15) is 33.2 Å². The van der Waals surface area contributed by atoms with Gasteiger partial charge in [0.05, 0.1) is 35.9 Å². The molecule has 0 aliphatic heterocycles. The molecule has 0 saturated heterocycles. The molecular weight excluding hydrogens is 508 g/mol. The largest absolute Gasteiger partial charge is 0.494 e. The molecule has 0 aliphatic rings. The molecule has 9 heteroatoms. The van der Waals surface area contributed by atoms with E-state index in [0.29, 0.717) is 26.9 Å². The zero-order valence-corrected chi connectivity index (χ0v) is 20.7. The third-order valence-corrected chi connectivity index (χ3v) is 5.88. The van der Waals surface area contributed by atoms with Crippen LogP contribution in [0.15, 0.2) is 54.6 Å². The molecule has 0 fully saturated rings. The van der Waals surface area contributed by atoms with Gasteiger partial charge in [0.1, 0.15) is 0 Å². The molecule has 5 nitrogen and oxygen atoms in total. The summed E-state index contributed by atoms with van der Waals surface area (Å²) in [7, 11) is 1.44. The Morgan fingerprint density at radius 3 is 2.03 bits per heavy atom. The summed E-state index contributed by atoms with van der Waals surface area (Å²) in [6, 6.07) is 14.5. The van der Waals surface area contributed by atoms with E-state index in [4.69, 9.17) is 55.9 Å². The monoisotopic (exact) mass is 525 g/mol. The zero-order valence-electron chi connectivity index (χ0n) is 17.7. The summed E-state index contributed by atoms with van der Waals surface area (Å²) in [5.41, 5.74) is 1.83. The van der Waals surface area contributed by atoms with Gasteiger partial charge < -0.3 is 14.4 Å². The van der Waals surface area contributed by atoms with Gasteiger partial charge in [-0.15, -0.1) is 0 Å². The van der Waals surface area contributed by atoms with E-state index in [0.717, 1.165) is 0 Å². The summed E-state index contributed by atoms with van der Waals surface area (Å²) in [5.74, 6) is -0.547. The van der Waals surface area contributed by atoms with Gasteiger partial charge in [-0.25, -0.2) is 4.79 Å². The Kier molecular flexibility index (Phi) is 8.49. The van der Waals surface area contributed by atoms with Crippen LogP contribution in [0, 0.1) is 0 Å². The first kappa shape index (κ1) is 25.2. The predicted octanol–water partition coefficient (Wildman–Crippen LogP) is 7.33. The topological polar surface area (TPSA) is 55.8 Å². The average molecular weight is 527 g/mol. The Morgan fingerprint density at radius 2 is 1.48 bits per heavy atom. The van der Waals surface area contributed by atoms with Crippen LogP contribution in [0.5, 0.6) is 5.75 Å². The predicted molar refractivity (Wildman–Crippen MR) is 132 cm³/mol. The van der Waals surface area contributed by atoms with Crippen molar-refractivity contribution in [3.63, 3.8) is 0 Å². The van der Waals surface area contributed by atoms with Crippen molar-refractivity contribution in [1.29, 1.82) is 0 Å². The summed E-state index contributed by atoms with van der Waals surface area (Å²) < 4.78 is 10.2. The summed E-state index contributed by atoms with van der Waals surface area (Å²) >= 11 is 24.9. The summed E-state index contributed by atoms with van der Waals surface area (Å²) in [5, 5.41) is 1.30. The molecule has 1 amide bonds. The maximum Gasteiger partial charge on any atom is 0.338 e. The highest BCUT2D eigenvalue weighted by Gasteiger charge is 2.22. The lowest BCUT2D eigenvalue weighted by atomic mass is 10.1. The maximum atomic E-state index is 13.6. The van der Waals surface area contributed by atoms with Crippen molar-refractivity contribution in [1.82, 2.24) is 0 Å². The van der Waals surface area contributed by atoms with Gasteiger partial charge in [0.25, 0.3) is 5.91 Å². The number of hydrogen-bond acceptors (Lipinski definition) is 4. The lowest BCUT2D eigenvalue weighted by Crippen LogP contribution is -2.30. The lowest BCUT2D eigenvalue weighted by Gasteiger charge is -2.24. The molecule has 0 aromatic heterocycles. The van der Waals surface area contributed by atoms with E-state index >= 15 is 0 Å². The first-order chi connectivity index (χ1) is 15.7. The van der Waals surface area contributed by atoms with Crippen molar-refractivity contribution in [2.75, 3.05) is 18.6 Å². The van der Waals surface area contributed by atoms with Crippen LogP contribution in [0.2, 0.25) is 20.1 Å². The smallest absolute Gasteiger partial charge is 0.338 e. The van der Waals surface area contributed by atoms with Gasteiger partial charge in [-0.1, -0.05) is 52.5 Å². The molecule has 33 heavy (non-hydrogen) atoms. The second kappa shape index (κ2) is 11.1. The molecule has 0 heterocycles. The summed E-state index contributed by atoms with van der Waals surface area (Å²) in [6.07, 6.45) is 0. The molecule has 0 atom stereocenters. The van der Waals surface area contributed by atoms with E-state index in [-0.39, 0.29) is 40.4 Å². The molecule has 0 aliphatic carbocycles. The van der Waals surface area contributed by atoms with Crippen molar-refractivity contribution in [3.8, 4) is 5.75 Å². The molecule has 0 radical (unpaired) electrons. The van der Waals surface area contributed by atoms with E-state index in [9.17, 15) is 9.59 Å². The molecule has 0 spiro atoms. The van der Waals surface area contributed by atoms with Gasteiger partial charge >= 0.3 is 5.97 Å². The number of benzene rings is 3. The minimum atomic E-state index is -0.448. The Labute approximate surface area is 211 Å². The molecule has 0 unspecified atom stereocenters. The van der Waals surface area contributed by atoms with Crippen LogP contribution in [0.3, 0.4) is 0 Å². The summed E-state index contributed by atoms with van der Waals surface area (Å²) in [6.45, 7) is 2.13. The third kappa shape index (κ3) is 5.92. The van der Waals surface area contributed by atoms with E-state index in [1.54, 1.807) is 49.4 Å². The fraction of sp³-hybridized carbons (Fsp3) is 0.167. The number of ether oxygens (including phenoxy) is 2. The molecular formula is C24H19Cl4NO4. The normalized spacial score (nSPS) is 10.6. The minimum Gasteiger partial charge on any atom is -0.494 e. The van der Waals surface area contributed by atoms with Crippen LogP contribution in [-0.4, -0.2) is 25.6 Å². The van der Waals surface area contributed by atoms with E-state index in [1.165, 1.54) is 24.1 Å². The number of amides is 1. The minimum absolute atomic E-state index is 0.134. The van der Waals surface area contributed by atoms with Crippen molar-refractivity contribution in [2.24, 2.45) is 0 Å². The van der Waals surface area contributed by atoms with Crippen molar-refractivity contribution in [2.45, 2.75) is 13.5 Å². The second-order valence-corrected chi connectivity index (χ2v) is 8.53. The van der Waals surface area contributed by atoms with Crippen LogP contribution in [0.4, 0.5) is 5.69 Å². The highest BCUT2D eigenvalue weighted by atomic mass is 35.5. The molecule has 172 valence electrons. The number of carbonyl (C=O) groups excluding carboxylic acids is 2. The van der Waals surface area contributed by atoms with Gasteiger partial charge in [0, 0.05) is 21.3 Å².